The van der Waals surface area contributed by atoms with Gasteiger partial charge in [0, 0.05) is 28.6 Å². The van der Waals surface area contributed by atoms with E-state index in [-0.39, 0.29) is 12.2 Å². The van der Waals surface area contributed by atoms with Crippen molar-refractivity contribution in [1.29, 1.82) is 5.26 Å². The van der Waals surface area contributed by atoms with Gasteiger partial charge in [0.25, 0.3) is 5.56 Å². The third kappa shape index (κ3) is 2.76. The third-order valence-electron chi connectivity index (χ3n) is 5.12. The van der Waals surface area contributed by atoms with Crippen LogP contribution in [0.3, 0.4) is 0 Å². The van der Waals surface area contributed by atoms with Gasteiger partial charge in [-0.1, -0.05) is 18.2 Å². The van der Waals surface area contributed by atoms with Crippen LogP contribution in [0.1, 0.15) is 11.3 Å². The Morgan fingerprint density at radius 1 is 1.00 bits per heavy atom. The molecule has 1 aliphatic rings. The lowest BCUT2D eigenvalue weighted by atomic mass is 9.96. The Hall–Kier alpha value is -4.24. The number of fused-ring (bicyclic) bond motifs is 3. The van der Waals surface area contributed by atoms with Crippen LogP contribution in [0.5, 0.6) is 5.75 Å². The Kier molecular flexibility index (Phi) is 4.15. The van der Waals surface area contributed by atoms with E-state index in [0.29, 0.717) is 39.5 Å². The topological polar surface area (TPSA) is 67.9 Å². The number of halogens is 1. The average molecular weight is 395 g/mol. The van der Waals surface area contributed by atoms with Crippen LogP contribution in [0.2, 0.25) is 0 Å². The first-order valence-corrected chi connectivity index (χ1v) is 9.30. The summed E-state index contributed by atoms with van der Waals surface area (Å²) in [5, 5.41) is 9.55. The summed E-state index contributed by atoms with van der Waals surface area (Å²) in [6.45, 7) is 0.167. The summed E-state index contributed by atoms with van der Waals surface area (Å²) >= 11 is 0. The van der Waals surface area contributed by atoms with Crippen LogP contribution in [-0.2, 0) is 6.61 Å². The SMILES string of the molecule is N#Cc1ccccc1-c1cc2c(n(-c3ccc(F)cc3)c1=O)COc1cccnc1-2. The molecule has 2 aromatic carbocycles. The monoisotopic (exact) mass is 395 g/mol. The summed E-state index contributed by atoms with van der Waals surface area (Å²) in [6, 6.07) is 20.2. The summed E-state index contributed by atoms with van der Waals surface area (Å²) in [4.78, 5) is 18.0. The molecule has 0 saturated carbocycles. The molecule has 1 aliphatic heterocycles. The standard InChI is InChI=1S/C24H14FN3O2/c25-16-7-9-17(10-8-16)28-21-14-30-22-6-3-11-27-23(22)20(21)12-19(24(28)29)18-5-2-1-4-15(18)13-26/h1-12H,14H2. The maximum absolute atomic E-state index is 13.6. The van der Waals surface area contributed by atoms with Crippen molar-refractivity contribution < 1.29 is 9.13 Å². The van der Waals surface area contributed by atoms with E-state index in [9.17, 15) is 14.4 Å². The molecule has 0 unspecified atom stereocenters. The number of benzene rings is 2. The van der Waals surface area contributed by atoms with Crippen molar-refractivity contribution in [2.45, 2.75) is 6.61 Å². The van der Waals surface area contributed by atoms with Gasteiger partial charge < -0.3 is 4.74 Å². The zero-order chi connectivity index (χ0) is 20.7. The van der Waals surface area contributed by atoms with Gasteiger partial charge in [-0.3, -0.25) is 14.3 Å². The third-order valence-corrected chi connectivity index (χ3v) is 5.12. The molecule has 4 aromatic rings. The first-order valence-electron chi connectivity index (χ1n) is 9.30. The van der Waals surface area contributed by atoms with Gasteiger partial charge in [0.15, 0.2) is 0 Å². The predicted octanol–water partition coefficient (Wildman–Crippen LogP) is 4.47. The largest absolute Gasteiger partial charge is 0.485 e. The molecule has 3 heterocycles. The minimum absolute atomic E-state index is 0.167. The number of pyridine rings is 2. The molecule has 2 aromatic heterocycles. The first kappa shape index (κ1) is 17.8. The average Bonchev–Trinajstić information content (AvgIpc) is 2.79. The first-order chi connectivity index (χ1) is 14.7. The molecular formula is C24H14FN3O2. The molecule has 144 valence electrons. The molecule has 0 aliphatic carbocycles. The summed E-state index contributed by atoms with van der Waals surface area (Å²) in [7, 11) is 0. The maximum Gasteiger partial charge on any atom is 0.263 e. The van der Waals surface area contributed by atoms with Crippen molar-refractivity contribution in [2.75, 3.05) is 0 Å². The molecule has 0 radical (unpaired) electrons. The smallest absolute Gasteiger partial charge is 0.263 e. The normalized spacial score (nSPS) is 11.7. The van der Waals surface area contributed by atoms with E-state index in [1.165, 1.54) is 16.7 Å². The van der Waals surface area contributed by atoms with Crippen LogP contribution in [-0.4, -0.2) is 9.55 Å². The minimum atomic E-state index is -0.394. The Bertz CT molecular complexity index is 1390. The van der Waals surface area contributed by atoms with Crippen LogP contribution in [0, 0.1) is 17.1 Å². The summed E-state index contributed by atoms with van der Waals surface area (Å²) < 4.78 is 20.9. The fourth-order valence-corrected chi connectivity index (χ4v) is 3.73. The highest BCUT2D eigenvalue weighted by Gasteiger charge is 2.25. The van der Waals surface area contributed by atoms with Gasteiger partial charge in [0.05, 0.1) is 17.3 Å². The van der Waals surface area contributed by atoms with Crippen molar-refractivity contribution in [3.8, 4) is 39.9 Å². The van der Waals surface area contributed by atoms with Gasteiger partial charge in [0.2, 0.25) is 0 Å². The van der Waals surface area contributed by atoms with Gasteiger partial charge in [0.1, 0.15) is 23.9 Å². The fraction of sp³-hybridized carbons (Fsp3) is 0.0417. The van der Waals surface area contributed by atoms with Crippen LogP contribution < -0.4 is 10.3 Å². The van der Waals surface area contributed by atoms with Crippen molar-refractivity contribution in [3.05, 3.63) is 100 Å². The highest BCUT2D eigenvalue weighted by molar-refractivity contribution is 5.79. The fourth-order valence-electron chi connectivity index (χ4n) is 3.73. The second-order valence-electron chi connectivity index (χ2n) is 6.83. The van der Waals surface area contributed by atoms with Gasteiger partial charge in [-0.15, -0.1) is 0 Å². The van der Waals surface area contributed by atoms with Gasteiger partial charge in [-0.2, -0.15) is 5.26 Å². The number of aromatic nitrogens is 2. The van der Waals surface area contributed by atoms with Crippen molar-refractivity contribution in [3.63, 3.8) is 0 Å². The molecule has 6 heteroatoms. The number of ether oxygens (including phenoxy) is 1. The summed E-state index contributed by atoms with van der Waals surface area (Å²) in [5.74, 6) is 0.226. The quantitative estimate of drug-likeness (QED) is 0.502. The lowest BCUT2D eigenvalue weighted by molar-refractivity contribution is 0.292. The Morgan fingerprint density at radius 3 is 2.60 bits per heavy atom. The molecule has 0 bridgehead atoms. The molecule has 0 fully saturated rings. The molecule has 0 amide bonds. The molecule has 0 atom stereocenters. The van der Waals surface area contributed by atoms with Crippen LogP contribution in [0.4, 0.5) is 4.39 Å². The predicted molar refractivity (Wildman–Crippen MR) is 110 cm³/mol. The molecule has 5 rings (SSSR count). The van der Waals surface area contributed by atoms with Gasteiger partial charge >= 0.3 is 0 Å². The highest BCUT2D eigenvalue weighted by atomic mass is 19.1. The van der Waals surface area contributed by atoms with Crippen molar-refractivity contribution >= 4 is 0 Å². The number of nitrogens with zero attached hydrogens (tertiary/aromatic N) is 3. The highest BCUT2D eigenvalue weighted by Crippen LogP contribution is 2.37. The number of nitriles is 1. The van der Waals surface area contributed by atoms with E-state index in [2.05, 4.69) is 11.1 Å². The second-order valence-corrected chi connectivity index (χ2v) is 6.83. The number of hydrogen-bond donors (Lipinski definition) is 0. The summed E-state index contributed by atoms with van der Waals surface area (Å²) in [6.07, 6.45) is 1.66. The minimum Gasteiger partial charge on any atom is -0.485 e. The Balaban J connectivity index is 1.89. The van der Waals surface area contributed by atoms with Crippen molar-refractivity contribution in [2.24, 2.45) is 0 Å². The van der Waals surface area contributed by atoms with Crippen molar-refractivity contribution in [1.82, 2.24) is 9.55 Å². The van der Waals surface area contributed by atoms with Gasteiger partial charge in [-0.05, 0) is 48.5 Å². The number of hydrogen-bond acceptors (Lipinski definition) is 4. The number of rotatable bonds is 2. The molecule has 0 saturated heterocycles. The van der Waals surface area contributed by atoms with E-state index in [1.807, 2.05) is 6.07 Å². The van der Waals surface area contributed by atoms with E-state index in [0.717, 1.165) is 5.56 Å². The summed E-state index contributed by atoms with van der Waals surface area (Å²) in [5.41, 5.74) is 3.47. The molecule has 0 spiro atoms. The van der Waals surface area contributed by atoms with Crippen LogP contribution >= 0.6 is 0 Å². The second kappa shape index (κ2) is 6.98. The van der Waals surface area contributed by atoms with E-state index < -0.39 is 5.82 Å². The molecule has 0 N–H and O–H groups in total. The molecular weight excluding hydrogens is 381 g/mol. The molecule has 5 nitrogen and oxygen atoms in total. The lowest BCUT2D eigenvalue weighted by Gasteiger charge is -2.24. The zero-order valence-electron chi connectivity index (χ0n) is 15.7. The Morgan fingerprint density at radius 2 is 1.80 bits per heavy atom. The van der Waals surface area contributed by atoms with E-state index in [4.69, 9.17) is 4.74 Å². The van der Waals surface area contributed by atoms with Gasteiger partial charge in [-0.25, -0.2) is 4.39 Å². The Labute approximate surface area is 171 Å². The lowest BCUT2D eigenvalue weighted by Crippen LogP contribution is -2.27. The van der Waals surface area contributed by atoms with E-state index >= 15 is 0 Å². The maximum atomic E-state index is 13.6. The van der Waals surface area contributed by atoms with Crippen LogP contribution in [0.25, 0.3) is 28.1 Å². The zero-order valence-corrected chi connectivity index (χ0v) is 15.7. The van der Waals surface area contributed by atoms with E-state index in [1.54, 1.807) is 54.7 Å². The van der Waals surface area contributed by atoms with Crippen LogP contribution in [0.15, 0.2) is 77.7 Å². The molecule has 30 heavy (non-hydrogen) atoms.